The molecule has 0 bridgehead atoms. The molecule has 1 saturated heterocycles. The Kier molecular flexibility index (Phi) is 2.49. The summed E-state index contributed by atoms with van der Waals surface area (Å²) in [5.41, 5.74) is 0. The number of hydrogen-bond acceptors (Lipinski definition) is 2. The number of piperazine rings is 1. The maximum absolute atomic E-state index is 11.0. The Balaban J connectivity index is 2.46. The molecule has 3 nitrogen and oxygen atoms in total. The van der Waals surface area contributed by atoms with Crippen molar-refractivity contribution in [3.8, 4) is 0 Å². The van der Waals surface area contributed by atoms with E-state index in [4.69, 9.17) is 0 Å². The van der Waals surface area contributed by atoms with Crippen molar-refractivity contribution in [2.24, 2.45) is 5.92 Å². The van der Waals surface area contributed by atoms with E-state index in [-0.39, 0.29) is 11.9 Å². The number of nitrogens with one attached hydrogen (secondary N) is 2. The second-order valence-electron chi connectivity index (χ2n) is 3.48. The zero-order chi connectivity index (χ0) is 8.43. The minimum atomic E-state index is -0.0313. The van der Waals surface area contributed by atoms with Crippen LogP contribution in [-0.2, 0) is 4.79 Å². The van der Waals surface area contributed by atoms with E-state index in [1.54, 1.807) is 0 Å². The molecular weight excluding hydrogens is 140 g/mol. The minimum Gasteiger partial charge on any atom is -0.353 e. The van der Waals surface area contributed by atoms with Crippen LogP contribution in [0.5, 0.6) is 0 Å². The van der Waals surface area contributed by atoms with Crippen molar-refractivity contribution in [2.75, 3.05) is 6.54 Å². The van der Waals surface area contributed by atoms with Crippen LogP contribution in [-0.4, -0.2) is 24.5 Å². The van der Waals surface area contributed by atoms with E-state index in [9.17, 15) is 4.79 Å². The highest BCUT2D eigenvalue weighted by molar-refractivity contribution is 5.82. The first-order chi connectivity index (χ1) is 5.11. The summed E-state index contributed by atoms with van der Waals surface area (Å²) in [7, 11) is 0. The lowest BCUT2D eigenvalue weighted by molar-refractivity contribution is -0.124. The molecule has 1 aliphatic heterocycles. The van der Waals surface area contributed by atoms with Crippen LogP contribution >= 0.6 is 0 Å². The van der Waals surface area contributed by atoms with Gasteiger partial charge in [0.1, 0.15) is 0 Å². The van der Waals surface area contributed by atoms with Gasteiger partial charge in [-0.15, -0.1) is 0 Å². The number of hydrogen-bond donors (Lipinski definition) is 2. The largest absolute Gasteiger partial charge is 0.353 e. The van der Waals surface area contributed by atoms with E-state index in [1.165, 1.54) is 0 Å². The Hall–Kier alpha value is -0.570. The van der Waals surface area contributed by atoms with E-state index < -0.39 is 0 Å². The average Bonchev–Trinajstić information content (AvgIpc) is 1.94. The molecule has 2 atom stereocenters. The molecule has 1 fully saturated rings. The summed E-state index contributed by atoms with van der Waals surface area (Å²) in [6.07, 6.45) is 0. The highest BCUT2D eigenvalue weighted by Crippen LogP contribution is 2.05. The molecule has 0 spiro atoms. The SMILES string of the molecule is CC(C)C1CNC(=O)[C@H](C)N1. The fraction of sp³-hybridized carbons (Fsp3) is 0.875. The normalized spacial score (nSPS) is 32.2. The monoisotopic (exact) mass is 156 g/mol. The Morgan fingerprint density at radius 1 is 1.55 bits per heavy atom. The van der Waals surface area contributed by atoms with Crippen molar-refractivity contribution in [1.29, 1.82) is 0 Å². The summed E-state index contributed by atoms with van der Waals surface area (Å²) < 4.78 is 0. The van der Waals surface area contributed by atoms with E-state index >= 15 is 0 Å². The van der Waals surface area contributed by atoms with Crippen LogP contribution in [0.1, 0.15) is 20.8 Å². The van der Waals surface area contributed by atoms with Gasteiger partial charge in [0.2, 0.25) is 5.91 Å². The third-order valence-electron chi connectivity index (χ3n) is 2.16. The van der Waals surface area contributed by atoms with Gasteiger partial charge in [-0.3, -0.25) is 4.79 Å². The molecule has 1 unspecified atom stereocenters. The number of amides is 1. The second-order valence-corrected chi connectivity index (χ2v) is 3.48. The van der Waals surface area contributed by atoms with E-state index in [0.29, 0.717) is 12.0 Å². The summed E-state index contributed by atoms with van der Waals surface area (Å²) in [6.45, 7) is 6.97. The highest BCUT2D eigenvalue weighted by atomic mass is 16.2. The van der Waals surface area contributed by atoms with Gasteiger partial charge in [-0.1, -0.05) is 13.8 Å². The summed E-state index contributed by atoms with van der Waals surface area (Å²) in [4.78, 5) is 11.0. The lowest BCUT2D eigenvalue weighted by Gasteiger charge is -2.31. The van der Waals surface area contributed by atoms with Crippen molar-refractivity contribution in [3.63, 3.8) is 0 Å². The van der Waals surface area contributed by atoms with Gasteiger partial charge in [0.15, 0.2) is 0 Å². The van der Waals surface area contributed by atoms with Gasteiger partial charge in [0.25, 0.3) is 0 Å². The molecule has 0 aliphatic carbocycles. The third kappa shape index (κ3) is 1.93. The fourth-order valence-electron chi connectivity index (χ4n) is 1.25. The predicted octanol–water partition coefficient (Wildman–Crippen LogP) is 0.119. The van der Waals surface area contributed by atoms with Gasteiger partial charge in [-0.25, -0.2) is 0 Å². The van der Waals surface area contributed by atoms with E-state index in [2.05, 4.69) is 24.5 Å². The van der Waals surface area contributed by atoms with E-state index in [1.807, 2.05) is 6.92 Å². The molecule has 1 heterocycles. The Morgan fingerprint density at radius 3 is 2.64 bits per heavy atom. The molecule has 1 rings (SSSR count). The summed E-state index contributed by atoms with van der Waals surface area (Å²) >= 11 is 0. The third-order valence-corrected chi connectivity index (χ3v) is 2.16. The van der Waals surface area contributed by atoms with Crippen LogP contribution in [0.3, 0.4) is 0 Å². The average molecular weight is 156 g/mol. The van der Waals surface area contributed by atoms with Crippen LogP contribution in [0, 0.1) is 5.92 Å². The van der Waals surface area contributed by atoms with Crippen LogP contribution in [0.15, 0.2) is 0 Å². The zero-order valence-corrected chi connectivity index (χ0v) is 7.35. The maximum Gasteiger partial charge on any atom is 0.236 e. The Labute approximate surface area is 67.5 Å². The first kappa shape index (κ1) is 8.53. The molecule has 0 aromatic heterocycles. The van der Waals surface area contributed by atoms with Crippen molar-refractivity contribution in [3.05, 3.63) is 0 Å². The number of rotatable bonds is 1. The van der Waals surface area contributed by atoms with Crippen molar-refractivity contribution in [1.82, 2.24) is 10.6 Å². The molecule has 0 aromatic rings. The van der Waals surface area contributed by atoms with Gasteiger partial charge < -0.3 is 10.6 Å². The van der Waals surface area contributed by atoms with Crippen molar-refractivity contribution >= 4 is 5.91 Å². The Morgan fingerprint density at radius 2 is 2.18 bits per heavy atom. The smallest absolute Gasteiger partial charge is 0.236 e. The molecule has 3 heteroatoms. The molecule has 1 amide bonds. The minimum absolute atomic E-state index is 0.0313. The fourth-order valence-corrected chi connectivity index (χ4v) is 1.25. The summed E-state index contributed by atoms with van der Waals surface area (Å²) in [5.74, 6) is 0.694. The predicted molar refractivity (Wildman–Crippen MR) is 44.2 cm³/mol. The topological polar surface area (TPSA) is 41.1 Å². The van der Waals surface area contributed by atoms with Crippen LogP contribution in [0.2, 0.25) is 0 Å². The van der Waals surface area contributed by atoms with Crippen LogP contribution < -0.4 is 10.6 Å². The summed E-state index contributed by atoms with van der Waals surface area (Å²) in [6, 6.07) is 0.402. The quantitative estimate of drug-likeness (QED) is 0.566. The first-order valence-electron chi connectivity index (χ1n) is 4.15. The summed E-state index contributed by atoms with van der Waals surface area (Å²) in [5, 5.41) is 6.12. The first-order valence-corrected chi connectivity index (χ1v) is 4.15. The standard InChI is InChI=1S/C8H16N2O/c1-5(2)7-4-9-8(11)6(3)10-7/h5-7,10H,4H2,1-3H3,(H,9,11)/t6-,7?/m0/s1. The molecule has 64 valence electrons. The van der Waals surface area contributed by atoms with Crippen molar-refractivity contribution in [2.45, 2.75) is 32.9 Å². The van der Waals surface area contributed by atoms with Crippen LogP contribution in [0.4, 0.5) is 0 Å². The molecule has 0 aromatic carbocycles. The van der Waals surface area contributed by atoms with Crippen molar-refractivity contribution < 1.29 is 4.79 Å². The molecule has 2 N–H and O–H groups in total. The van der Waals surface area contributed by atoms with Gasteiger partial charge in [-0.2, -0.15) is 0 Å². The number of carbonyl (C=O) groups is 1. The second kappa shape index (κ2) is 3.22. The van der Waals surface area contributed by atoms with E-state index in [0.717, 1.165) is 6.54 Å². The van der Waals surface area contributed by atoms with Gasteiger partial charge in [0.05, 0.1) is 6.04 Å². The molecule has 1 aliphatic rings. The highest BCUT2D eigenvalue weighted by Gasteiger charge is 2.25. The molecule has 11 heavy (non-hydrogen) atoms. The zero-order valence-electron chi connectivity index (χ0n) is 7.35. The lowest BCUT2D eigenvalue weighted by Crippen LogP contribution is -2.58. The molecule has 0 saturated carbocycles. The lowest BCUT2D eigenvalue weighted by atomic mass is 10.0. The van der Waals surface area contributed by atoms with Gasteiger partial charge in [-0.05, 0) is 12.8 Å². The molecule has 0 radical (unpaired) electrons. The van der Waals surface area contributed by atoms with Gasteiger partial charge >= 0.3 is 0 Å². The maximum atomic E-state index is 11.0. The molecular formula is C8H16N2O. The number of carbonyl (C=O) groups excluding carboxylic acids is 1. The Bertz CT molecular complexity index is 156. The van der Waals surface area contributed by atoms with Crippen LogP contribution in [0.25, 0.3) is 0 Å². The van der Waals surface area contributed by atoms with Gasteiger partial charge in [0, 0.05) is 12.6 Å².